The summed E-state index contributed by atoms with van der Waals surface area (Å²) in [5.74, 6) is 0.0328. The third-order valence-corrected chi connectivity index (χ3v) is 8.80. The maximum absolute atomic E-state index is 13.9. The summed E-state index contributed by atoms with van der Waals surface area (Å²) in [6.45, 7) is 5.65. The highest BCUT2D eigenvalue weighted by Gasteiger charge is 2.35. The molecule has 0 bridgehead atoms. The van der Waals surface area contributed by atoms with Crippen LogP contribution in [0.3, 0.4) is 0 Å². The van der Waals surface area contributed by atoms with E-state index in [0.717, 1.165) is 22.4 Å². The van der Waals surface area contributed by atoms with E-state index in [1.54, 1.807) is 11.0 Å². The van der Waals surface area contributed by atoms with Gasteiger partial charge in [0, 0.05) is 41.5 Å². The van der Waals surface area contributed by atoms with Crippen molar-refractivity contribution in [1.82, 2.24) is 14.8 Å². The summed E-state index contributed by atoms with van der Waals surface area (Å²) < 4.78 is 6.14. The number of carboxylic acid groups (broad SMARTS) is 1. The van der Waals surface area contributed by atoms with Crippen molar-refractivity contribution in [3.8, 4) is 5.88 Å². The number of carbonyl (C=O) groups excluding carboxylic acids is 1. The molecule has 3 heterocycles. The number of ether oxygens (including phenoxy) is 1. The van der Waals surface area contributed by atoms with Gasteiger partial charge in [0.2, 0.25) is 5.88 Å². The topological polar surface area (TPSA) is 103 Å². The van der Waals surface area contributed by atoms with E-state index in [4.69, 9.17) is 27.9 Å². The Morgan fingerprint density at radius 3 is 2.51 bits per heavy atom. The first-order valence-corrected chi connectivity index (χ1v) is 14.5. The van der Waals surface area contributed by atoms with Crippen LogP contribution in [0.25, 0.3) is 0 Å². The van der Waals surface area contributed by atoms with E-state index >= 15 is 0 Å². The van der Waals surface area contributed by atoms with Gasteiger partial charge in [-0.1, -0.05) is 53.5 Å². The number of fused-ring (bicyclic) bond motifs is 1. The number of piperidine rings is 1. The van der Waals surface area contributed by atoms with Crippen LogP contribution in [0.5, 0.6) is 5.88 Å². The molecule has 2 aliphatic heterocycles. The van der Waals surface area contributed by atoms with Crippen molar-refractivity contribution in [2.24, 2.45) is 5.92 Å². The molecule has 2 N–H and O–H groups in total. The van der Waals surface area contributed by atoms with E-state index in [1.165, 1.54) is 4.90 Å². The Bertz CT molecular complexity index is 1460. The first-order valence-electron chi connectivity index (χ1n) is 13.7. The predicted molar refractivity (Wildman–Crippen MR) is 157 cm³/mol. The van der Waals surface area contributed by atoms with Crippen molar-refractivity contribution < 1.29 is 24.5 Å². The highest BCUT2D eigenvalue weighted by Crippen LogP contribution is 2.41. The third kappa shape index (κ3) is 6.15. The van der Waals surface area contributed by atoms with Gasteiger partial charge < -0.3 is 24.7 Å². The average molecular weight is 599 g/mol. The summed E-state index contributed by atoms with van der Waals surface area (Å²) >= 11 is 13.5. The normalized spacial score (nSPS) is 16.5. The minimum atomic E-state index is -0.967. The third-order valence-electron chi connectivity index (χ3n) is 8.06. The van der Waals surface area contributed by atoms with Crippen LogP contribution in [0.15, 0.2) is 42.5 Å². The molecule has 1 atom stereocenters. The molecular weight excluding hydrogens is 565 g/mol. The van der Waals surface area contributed by atoms with Gasteiger partial charge in [0.25, 0.3) is 5.91 Å². The van der Waals surface area contributed by atoms with Gasteiger partial charge in [0.1, 0.15) is 6.61 Å². The molecule has 1 fully saturated rings. The maximum atomic E-state index is 13.9. The summed E-state index contributed by atoms with van der Waals surface area (Å²) in [6.07, 6.45) is -0.434. The lowest BCUT2D eigenvalue weighted by Gasteiger charge is -2.35. The molecule has 1 aromatic heterocycles. The number of aliphatic hydroxyl groups is 1. The summed E-state index contributed by atoms with van der Waals surface area (Å²) in [4.78, 5) is 32.9. The molecular formula is C31H33Cl2N3O5. The van der Waals surface area contributed by atoms with E-state index < -0.39 is 12.2 Å². The fraction of sp³-hybridized carbons (Fsp3) is 0.387. The number of aromatic nitrogens is 1. The van der Waals surface area contributed by atoms with Crippen LogP contribution in [0, 0.1) is 19.8 Å². The molecule has 0 saturated carbocycles. The number of aryl methyl sites for hydroxylation is 2. The zero-order valence-corrected chi connectivity index (χ0v) is 24.6. The Hall–Kier alpha value is -3.33. The van der Waals surface area contributed by atoms with Gasteiger partial charge in [-0.3, -0.25) is 4.79 Å². The van der Waals surface area contributed by atoms with E-state index in [9.17, 15) is 19.8 Å². The number of hydrogen-bond donors (Lipinski definition) is 2. The smallest absolute Gasteiger partial charge is 0.407 e. The standard InChI is InChI=1S/C31H33Cl2N3O5/c1-18-14-19(2)34-29(41-17-20-6-4-3-5-7-20)24(18)16-36-13-10-22-25(32)15-23(27(33)26(22)30(36)38)28(37)21-8-11-35(12-9-21)31(39)40/h3-7,14-15,21,28,37H,8-13,16-17H2,1-2H3,(H,39,40). The summed E-state index contributed by atoms with van der Waals surface area (Å²) in [6, 6.07) is 13.5. The molecule has 41 heavy (non-hydrogen) atoms. The highest BCUT2D eigenvalue weighted by molar-refractivity contribution is 6.37. The number of hydrogen-bond acceptors (Lipinski definition) is 5. The second kappa shape index (κ2) is 12.3. The number of aliphatic hydroxyl groups excluding tert-OH is 1. The van der Waals surface area contributed by atoms with Crippen molar-refractivity contribution in [3.63, 3.8) is 0 Å². The average Bonchev–Trinajstić information content (AvgIpc) is 2.96. The van der Waals surface area contributed by atoms with E-state index in [1.807, 2.05) is 50.2 Å². The van der Waals surface area contributed by atoms with Gasteiger partial charge in [0.15, 0.2) is 0 Å². The monoisotopic (exact) mass is 597 g/mol. The van der Waals surface area contributed by atoms with Gasteiger partial charge in [-0.25, -0.2) is 9.78 Å². The molecule has 3 aromatic rings. The van der Waals surface area contributed by atoms with Gasteiger partial charge in [-0.2, -0.15) is 0 Å². The van der Waals surface area contributed by atoms with Crippen molar-refractivity contribution in [2.75, 3.05) is 19.6 Å². The highest BCUT2D eigenvalue weighted by atomic mass is 35.5. The van der Waals surface area contributed by atoms with Gasteiger partial charge >= 0.3 is 6.09 Å². The van der Waals surface area contributed by atoms with Crippen molar-refractivity contribution in [2.45, 2.75) is 52.4 Å². The molecule has 8 nitrogen and oxygen atoms in total. The largest absolute Gasteiger partial charge is 0.473 e. The quantitative estimate of drug-likeness (QED) is 0.336. The Morgan fingerprint density at radius 2 is 1.83 bits per heavy atom. The summed E-state index contributed by atoms with van der Waals surface area (Å²) in [5.41, 5.74) is 5.03. The van der Waals surface area contributed by atoms with Crippen LogP contribution in [-0.4, -0.2) is 56.6 Å². The van der Waals surface area contributed by atoms with Crippen LogP contribution in [0.2, 0.25) is 10.0 Å². The number of nitrogens with zero attached hydrogens (tertiary/aromatic N) is 3. The number of pyridine rings is 1. The molecule has 0 aliphatic carbocycles. The Kier molecular flexibility index (Phi) is 8.73. The van der Waals surface area contributed by atoms with Crippen molar-refractivity contribution in [3.05, 3.63) is 91.6 Å². The maximum Gasteiger partial charge on any atom is 0.407 e. The van der Waals surface area contributed by atoms with E-state index in [0.29, 0.717) is 73.1 Å². The SMILES string of the molecule is Cc1cc(C)c(CN2CCc3c(Cl)cc(C(O)C4CCN(C(=O)O)CC4)c(Cl)c3C2=O)c(OCc2ccccc2)n1. The lowest BCUT2D eigenvalue weighted by atomic mass is 9.85. The van der Waals surface area contributed by atoms with Crippen LogP contribution >= 0.6 is 23.2 Å². The first-order chi connectivity index (χ1) is 19.6. The minimum absolute atomic E-state index is 0.197. The second-order valence-electron chi connectivity index (χ2n) is 10.8. The lowest BCUT2D eigenvalue weighted by Crippen LogP contribution is -2.39. The number of likely N-dealkylation sites (tertiary alicyclic amines) is 1. The first kappa shape index (κ1) is 29.2. The molecule has 1 saturated heterocycles. The number of carbonyl (C=O) groups is 2. The number of halogens is 2. The zero-order valence-electron chi connectivity index (χ0n) is 23.1. The predicted octanol–water partition coefficient (Wildman–Crippen LogP) is 6.21. The lowest BCUT2D eigenvalue weighted by molar-refractivity contribution is 0.0572. The van der Waals surface area contributed by atoms with E-state index in [-0.39, 0.29) is 23.4 Å². The van der Waals surface area contributed by atoms with Gasteiger partial charge in [-0.15, -0.1) is 0 Å². The fourth-order valence-corrected chi connectivity index (χ4v) is 6.41. The number of rotatable bonds is 7. The number of benzene rings is 2. The molecule has 1 unspecified atom stereocenters. The fourth-order valence-electron chi connectivity index (χ4n) is 5.74. The van der Waals surface area contributed by atoms with Gasteiger partial charge in [-0.05, 0) is 67.9 Å². The Balaban J connectivity index is 1.39. The van der Waals surface area contributed by atoms with Crippen molar-refractivity contribution in [1.29, 1.82) is 0 Å². The molecule has 2 aromatic carbocycles. The van der Waals surface area contributed by atoms with Crippen LogP contribution in [-0.2, 0) is 19.6 Å². The molecule has 10 heteroatoms. The summed E-state index contributed by atoms with van der Waals surface area (Å²) in [5, 5.41) is 21.1. The molecule has 5 rings (SSSR count). The van der Waals surface area contributed by atoms with Crippen LogP contribution in [0.4, 0.5) is 4.79 Å². The Morgan fingerprint density at radius 1 is 1.12 bits per heavy atom. The van der Waals surface area contributed by atoms with Crippen LogP contribution < -0.4 is 4.74 Å². The van der Waals surface area contributed by atoms with E-state index in [2.05, 4.69) is 4.98 Å². The van der Waals surface area contributed by atoms with Crippen molar-refractivity contribution >= 4 is 35.2 Å². The number of amides is 2. The minimum Gasteiger partial charge on any atom is -0.473 e. The Labute approximate surface area is 249 Å². The summed E-state index contributed by atoms with van der Waals surface area (Å²) in [7, 11) is 0. The molecule has 0 spiro atoms. The second-order valence-corrected chi connectivity index (χ2v) is 11.6. The van der Waals surface area contributed by atoms with Gasteiger partial charge in [0.05, 0.1) is 23.2 Å². The molecule has 2 aliphatic rings. The zero-order chi connectivity index (χ0) is 29.3. The molecule has 2 amide bonds. The molecule has 216 valence electrons. The molecule has 0 radical (unpaired) electrons. The van der Waals surface area contributed by atoms with Crippen LogP contribution in [0.1, 0.15) is 62.8 Å².